The van der Waals surface area contributed by atoms with Gasteiger partial charge in [-0.15, -0.1) is 0 Å². The molecule has 2 atom stereocenters. The molecule has 2 unspecified atom stereocenters. The van der Waals surface area contributed by atoms with Crippen molar-refractivity contribution in [2.24, 2.45) is 0 Å². The Morgan fingerprint density at radius 3 is 1.56 bits per heavy atom. The van der Waals surface area contributed by atoms with E-state index in [9.17, 15) is 19.8 Å². The Morgan fingerprint density at radius 2 is 1.08 bits per heavy atom. The zero-order valence-electron chi connectivity index (χ0n) is 30.6. The second kappa shape index (κ2) is 32.8. The highest BCUT2D eigenvalue weighted by atomic mass is 16.7. The number of carboxylic acid groups (broad SMARTS) is 1. The van der Waals surface area contributed by atoms with Crippen LogP contribution in [0.3, 0.4) is 0 Å². The van der Waals surface area contributed by atoms with Crippen LogP contribution in [0.5, 0.6) is 0 Å². The van der Waals surface area contributed by atoms with Crippen molar-refractivity contribution in [1.29, 1.82) is 0 Å². The highest BCUT2D eigenvalue weighted by Crippen LogP contribution is 2.11. The molecule has 48 heavy (non-hydrogen) atoms. The van der Waals surface area contributed by atoms with Crippen molar-refractivity contribution < 1.29 is 38.5 Å². The standard InChI is InChI=1S/C40H67NO7/c1-5-6-7-8-9-10-11-12-13-14-15-16-17-18-19-20-21-22-23-24-25-26-27-28-29-30-31-32-38(43)47-35-37(42)36-48-40(39(44)45)46-34-33-41(2,3)4/h6-7,9-10,12-13,15-16,18-19,21-22,37,40,42H,5,8,11,14,17,20,23-36H2,1-4H3/p+1/b7-6-,10-9-,13-12-,16-15-,19-18-,22-21-. The Balaban J connectivity index is 3.62. The van der Waals surface area contributed by atoms with Crippen molar-refractivity contribution in [3.8, 4) is 0 Å². The van der Waals surface area contributed by atoms with E-state index in [-0.39, 0.29) is 25.8 Å². The number of aliphatic carboxylic acids is 1. The van der Waals surface area contributed by atoms with Crippen LogP contribution in [0.25, 0.3) is 0 Å². The van der Waals surface area contributed by atoms with E-state index >= 15 is 0 Å². The molecule has 0 radical (unpaired) electrons. The number of unbranched alkanes of at least 4 members (excludes halogenated alkanes) is 8. The van der Waals surface area contributed by atoms with Crippen molar-refractivity contribution in [2.75, 3.05) is 47.5 Å². The van der Waals surface area contributed by atoms with Gasteiger partial charge in [-0.3, -0.25) is 4.79 Å². The first kappa shape index (κ1) is 45.2. The van der Waals surface area contributed by atoms with E-state index in [2.05, 4.69) is 79.8 Å². The molecule has 0 aliphatic carbocycles. The Hall–Kier alpha value is -2.78. The first-order valence-electron chi connectivity index (χ1n) is 18.2. The van der Waals surface area contributed by atoms with Crippen LogP contribution in [0.1, 0.15) is 110 Å². The third-order valence-electron chi connectivity index (χ3n) is 7.21. The van der Waals surface area contributed by atoms with Crippen molar-refractivity contribution in [2.45, 2.75) is 122 Å². The zero-order valence-corrected chi connectivity index (χ0v) is 30.6. The third kappa shape index (κ3) is 34.6. The number of ether oxygens (including phenoxy) is 3. The average Bonchev–Trinajstić information content (AvgIpc) is 3.04. The number of aliphatic hydroxyl groups is 1. The Kier molecular flexibility index (Phi) is 30.9. The number of hydrogen-bond acceptors (Lipinski definition) is 6. The maximum atomic E-state index is 12.0. The number of aliphatic hydroxyl groups excluding tert-OH is 1. The summed E-state index contributed by atoms with van der Waals surface area (Å²) in [6, 6.07) is 0. The van der Waals surface area contributed by atoms with Gasteiger partial charge in [-0.25, -0.2) is 4.79 Å². The van der Waals surface area contributed by atoms with Crippen LogP contribution in [-0.2, 0) is 23.8 Å². The van der Waals surface area contributed by atoms with Crippen LogP contribution in [0.4, 0.5) is 0 Å². The predicted molar refractivity (Wildman–Crippen MR) is 198 cm³/mol. The zero-order chi connectivity index (χ0) is 35.6. The summed E-state index contributed by atoms with van der Waals surface area (Å²) in [4.78, 5) is 23.2. The highest BCUT2D eigenvalue weighted by molar-refractivity contribution is 5.70. The number of carbonyl (C=O) groups is 2. The number of quaternary nitrogens is 1. The fraction of sp³-hybridized carbons (Fsp3) is 0.650. The SMILES string of the molecule is CC/C=C\C/C=C\C/C=C\C/C=C\C/C=C\C/C=C\CCCCCCCCCCC(=O)OCC(O)COC(OCC[N+](C)(C)C)C(=O)O. The topological polar surface area (TPSA) is 102 Å². The molecule has 0 aromatic heterocycles. The highest BCUT2D eigenvalue weighted by Gasteiger charge is 2.22. The van der Waals surface area contributed by atoms with Crippen molar-refractivity contribution >= 4 is 11.9 Å². The molecule has 8 heteroatoms. The lowest BCUT2D eigenvalue weighted by molar-refractivity contribution is -0.870. The second-order valence-electron chi connectivity index (χ2n) is 13.0. The van der Waals surface area contributed by atoms with Crippen molar-refractivity contribution in [3.05, 3.63) is 72.9 Å². The Bertz CT molecular complexity index is 959. The van der Waals surface area contributed by atoms with Gasteiger partial charge in [0, 0.05) is 6.42 Å². The first-order chi connectivity index (χ1) is 23.2. The molecule has 0 aromatic rings. The Labute approximate surface area is 292 Å². The summed E-state index contributed by atoms with van der Waals surface area (Å²) in [6.07, 6.45) is 40.7. The lowest BCUT2D eigenvalue weighted by Gasteiger charge is -2.24. The fourth-order valence-electron chi connectivity index (χ4n) is 4.36. The molecule has 8 nitrogen and oxygen atoms in total. The van der Waals surface area contributed by atoms with Crippen molar-refractivity contribution in [1.82, 2.24) is 0 Å². The van der Waals surface area contributed by atoms with Crippen LogP contribution in [0.2, 0.25) is 0 Å². The number of hydrogen-bond donors (Lipinski definition) is 2. The number of allylic oxidation sites excluding steroid dienone is 12. The second-order valence-corrected chi connectivity index (χ2v) is 13.0. The third-order valence-corrected chi connectivity index (χ3v) is 7.21. The first-order valence-corrected chi connectivity index (χ1v) is 18.2. The smallest absolute Gasteiger partial charge is 0.361 e. The minimum atomic E-state index is -1.47. The number of esters is 1. The molecule has 0 aromatic carbocycles. The van der Waals surface area contributed by atoms with Gasteiger partial charge in [0.05, 0.1) is 34.4 Å². The van der Waals surface area contributed by atoms with Crippen LogP contribution in [0, 0.1) is 0 Å². The summed E-state index contributed by atoms with van der Waals surface area (Å²) < 4.78 is 16.1. The summed E-state index contributed by atoms with van der Waals surface area (Å²) in [7, 11) is 5.90. The molecule has 2 N–H and O–H groups in total. The van der Waals surface area contributed by atoms with Gasteiger partial charge in [-0.2, -0.15) is 0 Å². The molecule has 0 fully saturated rings. The molecule has 0 heterocycles. The quantitative estimate of drug-likeness (QED) is 0.0242. The van der Waals surface area contributed by atoms with Gasteiger partial charge in [0.2, 0.25) is 0 Å². The van der Waals surface area contributed by atoms with E-state index in [0.717, 1.165) is 64.2 Å². The van der Waals surface area contributed by atoms with Gasteiger partial charge >= 0.3 is 11.9 Å². The number of nitrogens with zero attached hydrogens (tertiary/aromatic N) is 1. The van der Waals surface area contributed by atoms with E-state index in [1.54, 1.807) is 0 Å². The van der Waals surface area contributed by atoms with Crippen LogP contribution in [0.15, 0.2) is 72.9 Å². The van der Waals surface area contributed by atoms with E-state index in [1.165, 1.54) is 32.1 Å². The summed E-state index contributed by atoms with van der Waals surface area (Å²) in [5.41, 5.74) is 0. The van der Waals surface area contributed by atoms with E-state index in [4.69, 9.17) is 14.2 Å². The number of likely N-dealkylation sites (N-methyl/N-ethyl adjacent to an activating group) is 1. The van der Waals surface area contributed by atoms with Gasteiger partial charge in [-0.1, -0.05) is 118 Å². The fourth-order valence-corrected chi connectivity index (χ4v) is 4.36. The maximum Gasteiger partial charge on any atom is 0.361 e. The van der Waals surface area contributed by atoms with Gasteiger partial charge in [0.1, 0.15) is 19.3 Å². The molecule has 0 saturated carbocycles. The van der Waals surface area contributed by atoms with Crippen molar-refractivity contribution in [3.63, 3.8) is 0 Å². The number of carbonyl (C=O) groups excluding carboxylic acids is 1. The van der Waals surface area contributed by atoms with Gasteiger partial charge in [0.15, 0.2) is 0 Å². The lowest BCUT2D eigenvalue weighted by atomic mass is 10.1. The molecule has 0 amide bonds. The minimum Gasteiger partial charge on any atom is -0.477 e. The molecular weight excluding hydrogens is 606 g/mol. The lowest BCUT2D eigenvalue weighted by Crippen LogP contribution is -2.40. The molecule has 0 bridgehead atoms. The van der Waals surface area contributed by atoms with E-state index in [1.807, 2.05) is 21.1 Å². The predicted octanol–water partition coefficient (Wildman–Crippen LogP) is 8.64. The average molecular weight is 675 g/mol. The van der Waals surface area contributed by atoms with E-state index in [0.29, 0.717) is 17.4 Å². The van der Waals surface area contributed by atoms with Gasteiger partial charge < -0.3 is 28.9 Å². The Morgan fingerprint density at radius 1 is 0.625 bits per heavy atom. The minimum absolute atomic E-state index is 0.205. The molecule has 274 valence electrons. The molecule has 0 aliphatic rings. The normalized spacial score (nSPS) is 14.1. The van der Waals surface area contributed by atoms with E-state index < -0.39 is 18.4 Å². The maximum absolute atomic E-state index is 12.0. The number of carboxylic acids is 1. The summed E-state index contributed by atoms with van der Waals surface area (Å²) in [5.74, 6) is -1.63. The van der Waals surface area contributed by atoms with Crippen LogP contribution >= 0.6 is 0 Å². The molecule has 0 spiro atoms. The number of rotatable bonds is 32. The summed E-state index contributed by atoms with van der Waals surface area (Å²) >= 11 is 0. The molecule has 0 rings (SSSR count). The largest absolute Gasteiger partial charge is 0.477 e. The summed E-state index contributed by atoms with van der Waals surface area (Å²) in [6.45, 7) is 2.44. The molecular formula is C40H68NO7+. The molecule has 0 saturated heterocycles. The summed E-state index contributed by atoms with van der Waals surface area (Å²) in [5, 5.41) is 19.2. The molecule has 0 aliphatic heterocycles. The van der Waals surface area contributed by atoms with Crippen LogP contribution < -0.4 is 0 Å². The van der Waals surface area contributed by atoms with Gasteiger partial charge in [0.25, 0.3) is 6.29 Å². The monoisotopic (exact) mass is 674 g/mol. The van der Waals surface area contributed by atoms with Gasteiger partial charge in [-0.05, 0) is 57.8 Å². The van der Waals surface area contributed by atoms with Crippen LogP contribution in [-0.4, -0.2) is 86.5 Å².